The minimum atomic E-state index is -0.981. The molecule has 0 aromatic heterocycles. The highest BCUT2D eigenvalue weighted by molar-refractivity contribution is 5.78. The van der Waals surface area contributed by atoms with Gasteiger partial charge in [-0.2, -0.15) is 0 Å². The lowest BCUT2D eigenvalue weighted by Gasteiger charge is -2.16. The van der Waals surface area contributed by atoms with Crippen LogP contribution in [0, 0.1) is 0 Å². The van der Waals surface area contributed by atoms with Crippen molar-refractivity contribution in [3.8, 4) is 0 Å². The van der Waals surface area contributed by atoms with E-state index in [2.05, 4.69) is 6.58 Å². The third kappa shape index (κ3) is 52.2. The highest BCUT2D eigenvalue weighted by Gasteiger charge is 2.07. The molecule has 278 valence electrons. The molecule has 0 heterocycles. The molecule has 3 atom stereocenters. The van der Waals surface area contributed by atoms with Gasteiger partial charge in [-0.15, -0.1) is 0 Å². The van der Waals surface area contributed by atoms with Crippen LogP contribution in [-0.2, 0) is 52.2 Å². The van der Waals surface area contributed by atoms with Crippen molar-refractivity contribution < 1.29 is 77.7 Å². The Labute approximate surface area is 274 Å². The molecule has 0 saturated heterocycles. The van der Waals surface area contributed by atoms with Gasteiger partial charge >= 0.3 is 5.97 Å². The molecule has 5 N–H and O–H groups in total. The van der Waals surface area contributed by atoms with Crippen molar-refractivity contribution in [1.29, 1.82) is 0 Å². The van der Waals surface area contributed by atoms with Gasteiger partial charge in [0.15, 0.2) is 0 Å². The Balaban J connectivity index is -0.000000843. The van der Waals surface area contributed by atoms with Gasteiger partial charge in [0.05, 0.1) is 157 Å². The predicted octanol–water partition coefficient (Wildman–Crippen LogP) is -0.469. The van der Waals surface area contributed by atoms with Crippen molar-refractivity contribution in [2.24, 2.45) is 0 Å². The van der Waals surface area contributed by atoms with Gasteiger partial charge in [-0.05, 0) is 20.8 Å². The summed E-state index contributed by atoms with van der Waals surface area (Å²) in [7, 11) is 0. The SMILES string of the molecule is C=CC(=O)O.CC(O)COC(C)COC(C)CO.OCCOCCOCCOCCOCCOCCOCCOCCOCCO. The molecular weight excluding hydrogens is 616 g/mol. The molecule has 0 amide bonds. The van der Waals surface area contributed by atoms with Crippen molar-refractivity contribution in [2.75, 3.05) is 139 Å². The highest BCUT2D eigenvalue weighted by Crippen LogP contribution is 1.97. The zero-order valence-electron chi connectivity index (χ0n) is 28.1. The van der Waals surface area contributed by atoms with Gasteiger partial charge in [0, 0.05) is 6.08 Å². The van der Waals surface area contributed by atoms with E-state index in [0.29, 0.717) is 119 Å². The number of aliphatic carboxylic acids is 1. The average molecular weight is 679 g/mol. The van der Waals surface area contributed by atoms with E-state index in [0.717, 1.165) is 6.08 Å². The van der Waals surface area contributed by atoms with Crippen LogP contribution in [0.2, 0.25) is 0 Å². The number of carboxylic acids is 1. The first-order valence-corrected chi connectivity index (χ1v) is 15.5. The summed E-state index contributed by atoms with van der Waals surface area (Å²) in [5, 5.41) is 42.2. The molecule has 16 nitrogen and oxygen atoms in total. The second-order valence-corrected chi connectivity index (χ2v) is 9.21. The van der Waals surface area contributed by atoms with Crippen LogP contribution >= 0.6 is 0 Å². The normalized spacial score (nSPS) is 12.8. The monoisotopic (exact) mass is 678 g/mol. The maximum Gasteiger partial charge on any atom is 0.327 e. The maximum absolute atomic E-state index is 9.25. The number of hydrogen-bond acceptors (Lipinski definition) is 15. The van der Waals surface area contributed by atoms with Gasteiger partial charge in [0.25, 0.3) is 0 Å². The van der Waals surface area contributed by atoms with Crippen LogP contribution in [0.25, 0.3) is 0 Å². The van der Waals surface area contributed by atoms with E-state index in [4.69, 9.17) is 72.9 Å². The molecular formula is C30H62O16. The van der Waals surface area contributed by atoms with Crippen molar-refractivity contribution in [3.63, 3.8) is 0 Å². The number of ether oxygens (including phenoxy) is 10. The van der Waals surface area contributed by atoms with E-state index in [-0.39, 0.29) is 32.0 Å². The summed E-state index contributed by atoms with van der Waals surface area (Å²) in [6, 6.07) is 0. The number of aliphatic hydroxyl groups excluding tert-OH is 4. The largest absolute Gasteiger partial charge is 0.478 e. The van der Waals surface area contributed by atoms with Gasteiger partial charge in [-0.1, -0.05) is 6.58 Å². The molecule has 0 aliphatic rings. The van der Waals surface area contributed by atoms with Gasteiger partial charge in [0.1, 0.15) is 0 Å². The average Bonchev–Trinajstić information content (AvgIpc) is 3.05. The number of aliphatic hydroxyl groups is 4. The molecule has 0 aromatic carbocycles. The van der Waals surface area contributed by atoms with Crippen molar-refractivity contribution in [1.82, 2.24) is 0 Å². The second-order valence-electron chi connectivity index (χ2n) is 9.21. The Morgan fingerprint density at radius 1 is 0.543 bits per heavy atom. The van der Waals surface area contributed by atoms with E-state index < -0.39 is 12.1 Å². The third-order valence-corrected chi connectivity index (χ3v) is 4.74. The summed E-state index contributed by atoms with van der Waals surface area (Å²) in [6.45, 7) is 16.9. The van der Waals surface area contributed by atoms with E-state index in [1.165, 1.54) is 0 Å². The van der Waals surface area contributed by atoms with Crippen LogP contribution in [0.1, 0.15) is 20.8 Å². The fourth-order valence-electron chi connectivity index (χ4n) is 2.47. The van der Waals surface area contributed by atoms with Gasteiger partial charge in [0.2, 0.25) is 0 Å². The molecule has 46 heavy (non-hydrogen) atoms. The Hall–Kier alpha value is -1.35. The maximum atomic E-state index is 9.25. The first-order chi connectivity index (χ1) is 22.2. The first kappa shape index (κ1) is 49.0. The Kier molecular flexibility index (Phi) is 46.5. The van der Waals surface area contributed by atoms with Gasteiger partial charge in [-0.3, -0.25) is 0 Å². The molecule has 3 unspecified atom stereocenters. The lowest BCUT2D eigenvalue weighted by Crippen LogP contribution is -2.24. The number of carboxylic acid groups (broad SMARTS) is 1. The summed E-state index contributed by atoms with van der Waals surface area (Å²) in [6.07, 6.45) is 0.180. The van der Waals surface area contributed by atoms with E-state index in [1.807, 2.05) is 6.92 Å². The molecule has 0 aromatic rings. The van der Waals surface area contributed by atoms with Crippen LogP contribution in [-0.4, -0.2) is 189 Å². The summed E-state index contributed by atoms with van der Waals surface area (Å²) >= 11 is 0. The Bertz CT molecular complexity index is 559. The van der Waals surface area contributed by atoms with Crippen LogP contribution in [0.3, 0.4) is 0 Å². The molecule has 0 radical (unpaired) electrons. The minimum Gasteiger partial charge on any atom is -0.478 e. The highest BCUT2D eigenvalue weighted by atomic mass is 16.6. The zero-order valence-corrected chi connectivity index (χ0v) is 28.1. The smallest absolute Gasteiger partial charge is 0.327 e. The summed E-state index contributed by atoms with van der Waals surface area (Å²) in [5.41, 5.74) is 0. The molecule has 0 fully saturated rings. The molecule has 0 aliphatic heterocycles. The number of hydrogen-bond donors (Lipinski definition) is 5. The van der Waals surface area contributed by atoms with E-state index >= 15 is 0 Å². The summed E-state index contributed by atoms with van der Waals surface area (Å²) in [4.78, 5) is 9.25. The molecule has 0 spiro atoms. The number of rotatable bonds is 33. The first-order valence-electron chi connectivity index (χ1n) is 15.5. The van der Waals surface area contributed by atoms with Gasteiger partial charge < -0.3 is 72.9 Å². The van der Waals surface area contributed by atoms with Crippen molar-refractivity contribution in [2.45, 2.75) is 39.1 Å². The Morgan fingerprint density at radius 3 is 1.02 bits per heavy atom. The quantitative estimate of drug-likeness (QED) is 0.0439. The molecule has 0 saturated carbocycles. The molecule has 16 heteroatoms. The minimum absolute atomic E-state index is 0.0170. The fourth-order valence-corrected chi connectivity index (χ4v) is 2.47. The van der Waals surface area contributed by atoms with Crippen molar-refractivity contribution in [3.05, 3.63) is 12.7 Å². The van der Waals surface area contributed by atoms with Crippen LogP contribution in [0.4, 0.5) is 0 Å². The van der Waals surface area contributed by atoms with E-state index in [9.17, 15) is 4.79 Å². The molecule has 0 rings (SSSR count). The predicted molar refractivity (Wildman–Crippen MR) is 168 cm³/mol. The summed E-state index contributed by atoms with van der Waals surface area (Å²) < 4.78 is 52.6. The van der Waals surface area contributed by atoms with E-state index in [1.54, 1.807) is 13.8 Å². The standard InChI is InChI=1S/C18H38O10.C9H20O4.C3H4O2/c19-1-3-21-5-7-23-9-11-25-13-15-27-17-18-28-16-14-26-12-10-24-8-6-22-4-2-20;1-7(11)5-12-9(3)6-13-8(2)4-10;1-2-3(4)5/h19-20H,1-18H2;7-11H,4-6H2,1-3H3;2H,1H2,(H,4,5). The zero-order chi connectivity index (χ0) is 34.9. The fraction of sp³-hybridized carbons (Fsp3) is 0.900. The molecule has 0 aliphatic carbocycles. The van der Waals surface area contributed by atoms with Crippen LogP contribution < -0.4 is 0 Å². The molecule has 0 bridgehead atoms. The Morgan fingerprint density at radius 2 is 0.804 bits per heavy atom. The topological polar surface area (TPSA) is 211 Å². The third-order valence-electron chi connectivity index (χ3n) is 4.74. The van der Waals surface area contributed by atoms with Gasteiger partial charge in [-0.25, -0.2) is 4.79 Å². The lowest BCUT2D eigenvalue weighted by atomic mass is 10.4. The summed E-state index contributed by atoms with van der Waals surface area (Å²) in [5.74, 6) is -0.981. The number of carbonyl (C=O) groups is 1. The second kappa shape index (κ2) is 43.6. The lowest BCUT2D eigenvalue weighted by molar-refractivity contribution is -0.131. The van der Waals surface area contributed by atoms with Crippen LogP contribution in [0.15, 0.2) is 12.7 Å². The van der Waals surface area contributed by atoms with Crippen LogP contribution in [0.5, 0.6) is 0 Å². The van der Waals surface area contributed by atoms with Crippen molar-refractivity contribution >= 4 is 5.97 Å².